The van der Waals surface area contributed by atoms with E-state index in [4.69, 9.17) is 4.52 Å². The smallest absolute Gasteiger partial charge is 0.266 e. The molecule has 3 aromatic rings. The van der Waals surface area contributed by atoms with Gasteiger partial charge in [-0.05, 0) is 45.2 Å². The van der Waals surface area contributed by atoms with Gasteiger partial charge in [-0.3, -0.25) is 4.79 Å². The Morgan fingerprint density at radius 2 is 2.07 bits per heavy atom. The molecule has 140 valence electrons. The minimum atomic E-state index is 0.110. The third-order valence-electron chi connectivity index (χ3n) is 4.93. The summed E-state index contributed by atoms with van der Waals surface area (Å²) in [5.74, 6) is 1.34. The molecule has 1 aliphatic heterocycles. The van der Waals surface area contributed by atoms with Gasteiger partial charge in [-0.2, -0.15) is 4.98 Å². The van der Waals surface area contributed by atoms with E-state index in [1.165, 1.54) is 11.3 Å². The summed E-state index contributed by atoms with van der Waals surface area (Å²) < 4.78 is 5.38. The number of nitrogens with zero attached hydrogens (tertiary/aromatic N) is 4. The van der Waals surface area contributed by atoms with E-state index in [1.54, 1.807) is 0 Å². The second-order valence-electron chi connectivity index (χ2n) is 6.86. The Kier molecular flexibility index (Phi) is 5.03. The molecular weight excluding hydrogens is 360 g/mol. The van der Waals surface area contributed by atoms with Crippen molar-refractivity contribution in [2.24, 2.45) is 0 Å². The van der Waals surface area contributed by atoms with E-state index in [0.29, 0.717) is 18.1 Å². The highest BCUT2D eigenvalue weighted by Gasteiger charge is 2.31. The summed E-state index contributed by atoms with van der Waals surface area (Å²) in [5, 5.41) is 5.04. The van der Waals surface area contributed by atoms with E-state index in [2.05, 4.69) is 15.1 Å². The topological polar surface area (TPSA) is 72.1 Å². The van der Waals surface area contributed by atoms with Crippen molar-refractivity contribution in [1.29, 1.82) is 0 Å². The number of amides is 1. The van der Waals surface area contributed by atoms with Gasteiger partial charge in [0.1, 0.15) is 4.88 Å². The number of aromatic nitrogens is 3. The van der Waals surface area contributed by atoms with E-state index >= 15 is 0 Å². The van der Waals surface area contributed by atoms with E-state index in [0.717, 1.165) is 46.9 Å². The highest BCUT2D eigenvalue weighted by atomic mass is 32.1. The molecule has 6 nitrogen and oxygen atoms in total. The largest absolute Gasteiger partial charge is 0.335 e. The van der Waals surface area contributed by atoms with Crippen molar-refractivity contribution >= 4 is 17.2 Å². The molecule has 0 saturated carbocycles. The molecule has 1 atom stereocenters. The molecule has 1 saturated heterocycles. The minimum Gasteiger partial charge on any atom is -0.335 e. The van der Waals surface area contributed by atoms with E-state index in [1.807, 2.05) is 49.1 Å². The zero-order valence-corrected chi connectivity index (χ0v) is 16.3. The van der Waals surface area contributed by atoms with Gasteiger partial charge < -0.3 is 9.42 Å². The Bertz CT molecular complexity index is 935. The lowest BCUT2D eigenvalue weighted by Gasteiger charge is -2.24. The van der Waals surface area contributed by atoms with Crippen molar-refractivity contribution in [1.82, 2.24) is 20.0 Å². The standard InChI is InChI=1S/C20H22N4O2S/c1-13-18(27-14(2)21-13)20(25)24-12-6-9-16(24)10-11-17-22-19(26-23-17)15-7-4-3-5-8-15/h3-5,7-8,16H,6,9-12H2,1-2H3. The molecule has 0 radical (unpaired) electrons. The Morgan fingerprint density at radius 3 is 2.81 bits per heavy atom. The molecule has 3 heterocycles. The van der Waals surface area contributed by atoms with Crippen LogP contribution >= 0.6 is 11.3 Å². The lowest BCUT2D eigenvalue weighted by atomic mass is 10.1. The molecule has 1 amide bonds. The first-order chi connectivity index (χ1) is 13.1. The van der Waals surface area contributed by atoms with Crippen molar-refractivity contribution in [2.45, 2.75) is 45.6 Å². The van der Waals surface area contributed by atoms with Crippen LogP contribution in [0.2, 0.25) is 0 Å². The van der Waals surface area contributed by atoms with Crippen LogP contribution < -0.4 is 0 Å². The molecule has 1 aromatic carbocycles. The number of likely N-dealkylation sites (tertiary alicyclic amines) is 1. The lowest BCUT2D eigenvalue weighted by Crippen LogP contribution is -2.35. The van der Waals surface area contributed by atoms with E-state index in [-0.39, 0.29) is 11.9 Å². The first-order valence-electron chi connectivity index (χ1n) is 9.25. The number of aryl methyl sites for hydroxylation is 3. The Morgan fingerprint density at radius 1 is 1.26 bits per heavy atom. The molecule has 1 unspecified atom stereocenters. The maximum Gasteiger partial charge on any atom is 0.266 e. The van der Waals surface area contributed by atoms with Gasteiger partial charge in [-0.25, -0.2) is 4.98 Å². The van der Waals surface area contributed by atoms with Gasteiger partial charge in [0.15, 0.2) is 5.82 Å². The Labute approximate surface area is 162 Å². The fourth-order valence-electron chi connectivity index (χ4n) is 3.61. The summed E-state index contributed by atoms with van der Waals surface area (Å²) in [6, 6.07) is 9.98. The SMILES string of the molecule is Cc1nc(C)c(C(=O)N2CCCC2CCc2noc(-c3ccccc3)n2)s1. The van der Waals surface area contributed by atoms with Crippen LogP contribution in [0.5, 0.6) is 0 Å². The van der Waals surface area contributed by atoms with Crippen molar-refractivity contribution in [2.75, 3.05) is 6.54 Å². The quantitative estimate of drug-likeness (QED) is 0.666. The number of carbonyl (C=O) groups is 1. The molecule has 0 aliphatic carbocycles. The number of hydrogen-bond acceptors (Lipinski definition) is 6. The average molecular weight is 382 g/mol. The van der Waals surface area contributed by atoms with E-state index < -0.39 is 0 Å². The van der Waals surface area contributed by atoms with Crippen LogP contribution in [0.3, 0.4) is 0 Å². The van der Waals surface area contributed by atoms with Gasteiger partial charge in [0, 0.05) is 24.6 Å². The fraction of sp³-hybridized carbons (Fsp3) is 0.400. The molecule has 4 rings (SSSR count). The van der Waals surface area contributed by atoms with Crippen molar-refractivity contribution in [3.05, 3.63) is 51.7 Å². The number of rotatable bonds is 5. The van der Waals surface area contributed by atoms with Crippen LogP contribution in [0, 0.1) is 13.8 Å². The minimum absolute atomic E-state index is 0.110. The monoisotopic (exact) mass is 382 g/mol. The zero-order valence-electron chi connectivity index (χ0n) is 15.5. The van der Waals surface area contributed by atoms with Crippen molar-refractivity contribution < 1.29 is 9.32 Å². The highest BCUT2D eigenvalue weighted by molar-refractivity contribution is 7.13. The highest BCUT2D eigenvalue weighted by Crippen LogP contribution is 2.27. The van der Waals surface area contributed by atoms with E-state index in [9.17, 15) is 4.79 Å². The molecule has 27 heavy (non-hydrogen) atoms. The van der Waals surface area contributed by atoms with Gasteiger partial charge in [0.2, 0.25) is 0 Å². The first-order valence-corrected chi connectivity index (χ1v) is 10.1. The molecule has 0 N–H and O–H groups in total. The van der Waals surface area contributed by atoms with Gasteiger partial charge >= 0.3 is 0 Å². The van der Waals surface area contributed by atoms with Gasteiger partial charge in [0.05, 0.1) is 10.7 Å². The molecule has 0 bridgehead atoms. The van der Waals surface area contributed by atoms with Crippen LogP contribution in [0.15, 0.2) is 34.9 Å². The summed E-state index contributed by atoms with van der Waals surface area (Å²) in [5.41, 5.74) is 1.75. The van der Waals surface area contributed by atoms with Crippen LogP contribution in [0.25, 0.3) is 11.5 Å². The maximum absolute atomic E-state index is 12.9. The molecule has 7 heteroatoms. The zero-order chi connectivity index (χ0) is 18.8. The number of thiazole rings is 1. The average Bonchev–Trinajstić information content (AvgIpc) is 3.40. The second kappa shape index (κ2) is 7.60. The third kappa shape index (κ3) is 3.78. The van der Waals surface area contributed by atoms with Gasteiger partial charge in [-0.1, -0.05) is 23.4 Å². The fourth-order valence-corrected chi connectivity index (χ4v) is 4.49. The number of hydrogen-bond donors (Lipinski definition) is 0. The summed E-state index contributed by atoms with van der Waals surface area (Å²) in [7, 11) is 0. The van der Waals surface area contributed by atoms with Crippen molar-refractivity contribution in [3.8, 4) is 11.5 Å². The van der Waals surface area contributed by atoms with Crippen LogP contribution in [0.1, 0.15) is 45.5 Å². The predicted molar refractivity (Wildman–Crippen MR) is 104 cm³/mol. The predicted octanol–water partition coefficient (Wildman–Crippen LogP) is 4.05. The Hall–Kier alpha value is -2.54. The first kappa shape index (κ1) is 17.9. The third-order valence-corrected chi connectivity index (χ3v) is 5.99. The van der Waals surface area contributed by atoms with Gasteiger partial charge in [0.25, 0.3) is 11.8 Å². The van der Waals surface area contributed by atoms with Crippen molar-refractivity contribution in [3.63, 3.8) is 0 Å². The number of benzene rings is 1. The summed E-state index contributed by atoms with van der Waals surface area (Å²) in [6.07, 6.45) is 3.60. The number of carbonyl (C=O) groups excluding carboxylic acids is 1. The summed E-state index contributed by atoms with van der Waals surface area (Å²) in [4.78, 5) is 24.6. The normalized spacial score (nSPS) is 16.8. The molecule has 1 aliphatic rings. The summed E-state index contributed by atoms with van der Waals surface area (Å²) >= 11 is 1.48. The molecule has 1 fully saturated rings. The lowest BCUT2D eigenvalue weighted by molar-refractivity contribution is 0.0734. The van der Waals surface area contributed by atoms with Gasteiger partial charge in [-0.15, -0.1) is 11.3 Å². The maximum atomic E-state index is 12.9. The molecular formula is C20H22N4O2S. The van der Waals surface area contributed by atoms with Crippen LogP contribution in [-0.2, 0) is 6.42 Å². The van der Waals surface area contributed by atoms with Crippen LogP contribution in [-0.4, -0.2) is 38.5 Å². The Balaban J connectivity index is 1.41. The van der Waals surface area contributed by atoms with Crippen LogP contribution in [0.4, 0.5) is 0 Å². The molecule has 2 aromatic heterocycles. The summed E-state index contributed by atoms with van der Waals surface area (Å²) in [6.45, 7) is 4.66. The molecule has 0 spiro atoms. The second-order valence-corrected chi connectivity index (χ2v) is 8.07.